The second kappa shape index (κ2) is 4.52. The maximum Gasteiger partial charge on any atom is 0.264 e. The molecule has 0 N–H and O–H groups in total. The lowest BCUT2D eigenvalue weighted by atomic mass is 10.3. The van der Waals surface area contributed by atoms with Gasteiger partial charge in [0.1, 0.15) is 5.75 Å². The molecule has 0 aliphatic rings. The molecule has 80 valence electrons. The molecule has 1 aromatic rings. The first kappa shape index (κ1) is 11.8. The van der Waals surface area contributed by atoms with Crippen molar-refractivity contribution in [2.24, 2.45) is 4.52 Å². The van der Waals surface area contributed by atoms with E-state index in [4.69, 9.17) is 10.3 Å². The van der Waals surface area contributed by atoms with Gasteiger partial charge in [0, 0.05) is 9.43 Å². The Morgan fingerprint density at radius 1 is 1.53 bits per heavy atom. The van der Waals surface area contributed by atoms with Crippen molar-refractivity contribution in [3.05, 3.63) is 33.1 Å². The Morgan fingerprint density at radius 3 is 2.67 bits per heavy atom. The molecular formula is C7H6BrN3O3S. The summed E-state index contributed by atoms with van der Waals surface area (Å²) >= 11 is 3.13. The van der Waals surface area contributed by atoms with E-state index in [-0.39, 0.29) is 4.90 Å². The van der Waals surface area contributed by atoms with Crippen molar-refractivity contribution in [2.75, 3.05) is 7.11 Å². The van der Waals surface area contributed by atoms with Crippen molar-refractivity contribution >= 4 is 26.0 Å². The molecule has 0 bridgehead atoms. The second-order valence-corrected chi connectivity index (χ2v) is 4.88. The summed E-state index contributed by atoms with van der Waals surface area (Å²) < 4.78 is 30.7. The van der Waals surface area contributed by atoms with E-state index < -0.39 is 10.0 Å². The molecule has 0 spiro atoms. The van der Waals surface area contributed by atoms with Crippen LogP contribution in [0, 0.1) is 0 Å². The predicted molar refractivity (Wildman–Crippen MR) is 57.0 cm³/mol. The monoisotopic (exact) mass is 291 g/mol. The third kappa shape index (κ3) is 2.62. The number of azide groups is 1. The lowest BCUT2D eigenvalue weighted by Gasteiger charge is -2.04. The van der Waals surface area contributed by atoms with Crippen LogP contribution in [0.2, 0.25) is 0 Å². The number of benzene rings is 1. The van der Waals surface area contributed by atoms with Gasteiger partial charge in [0.15, 0.2) is 0 Å². The second-order valence-electron chi connectivity index (χ2n) is 2.44. The van der Waals surface area contributed by atoms with E-state index in [0.29, 0.717) is 10.2 Å². The summed E-state index contributed by atoms with van der Waals surface area (Å²) in [7, 11) is -2.48. The van der Waals surface area contributed by atoms with Crippen LogP contribution < -0.4 is 4.74 Å². The average molecular weight is 292 g/mol. The van der Waals surface area contributed by atoms with Crippen molar-refractivity contribution in [3.63, 3.8) is 0 Å². The van der Waals surface area contributed by atoms with Crippen LogP contribution in [-0.2, 0) is 10.0 Å². The topological polar surface area (TPSA) is 92.1 Å². The maximum absolute atomic E-state index is 11.3. The van der Waals surface area contributed by atoms with E-state index in [0.717, 1.165) is 0 Å². The zero-order valence-corrected chi connectivity index (χ0v) is 9.99. The zero-order chi connectivity index (χ0) is 11.5. The Bertz CT molecular complexity index is 522. The summed E-state index contributed by atoms with van der Waals surface area (Å²) in [4.78, 5) is 2.16. The fraction of sp³-hybridized carbons (Fsp3) is 0.143. The highest BCUT2D eigenvalue weighted by atomic mass is 79.9. The van der Waals surface area contributed by atoms with Crippen LogP contribution in [0.25, 0.3) is 10.4 Å². The first-order valence-corrected chi connectivity index (χ1v) is 5.89. The van der Waals surface area contributed by atoms with Gasteiger partial charge in [-0.25, -0.2) is 8.42 Å². The predicted octanol–water partition coefficient (Wildman–Crippen LogP) is 2.46. The fourth-order valence-electron chi connectivity index (χ4n) is 0.903. The minimum Gasteiger partial charge on any atom is -0.496 e. The molecule has 0 aliphatic heterocycles. The molecule has 15 heavy (non-hydrogen) atoms. The number of halogens is 1. The van der Waals surface area contributed by atoms with Gasteiger partial charge in [-0.15, -0.1) is 0 Å². The highest BCUT2D eigenvalue weighted by molar-refractivity contribution is 9.10. The van der Waals surface area contributed by atoms with Gasteiger partial charge in [-0.05, 0) is 39.7 Å². The molecule has 0 heterocycles. The Morgan fingerprint density at radius 2 is 2.20 bits per heavy atom. The molecule has 8 heteroatoms. The van der Waals surface area contributed by atoms with Gasteiger partial charge in [0.25, 0.3) is 10.0 Å². The Hall–Kier alpha value is -1.24. The standard InChI is InChI=1S/C7H6BrN3O3S/c1-14-7-3-2-5(4-6(7)8)15(12,13)11-10-9/h2-4H,1H3. The normalized spacial score (nSPS) is 10.5. The van der Waals surface area contributed by atoms with Crippen LogP contribution in [0.15, 0.2) is 32.1 Å². The Balaban J connectivity index is 3.30. The fourth-order valence-corrected chi connectivity index (χ4v) is 2.29. The summed E-state index contributed by atoms with van der Waals surface area (Å²) in [6.07, 6.45) is 0. The van der Waals surface area contributed by atoms with Crippen LogP contribution in [0.4, 0.5) is 0 Å². The number of hydrogen-bond donors (Lipinski definition) is 0. The first-order chi connectivity index (χ1) is 7.01. The van der Waals surface area contributed by atoms with Gasteiger partial charge in [-0.2, -0.15) is 0 Å². The van der Waals surface area contributed by atoms with E-state index in [9.17, 15) is 8.42 Å². The number of nitrogens with zero attached hydrogens (tertiary/aromatic N) is 3. The number of ether oxygens (including phenoxy) is 1. The molecule has 0 fully saturated rings. The van der Waals surface area contributed by atoms with E-state index in [2.05, 4.69) is 25.4 Å². The maximum atomic E-state index is 11.3. The summed E-state index contributed by atoms with van der Waals surface area (Å²) in [5.74, 6) is 0.495. The molecule has 0 radical (unpaired) electrons. The van der Waals surface area contributed by atoms with Gasteiger partial charge in [-0.1, -0.05) is 0 Å². The number of hydrogen-bond acceptors (Lipinski definition) is 3. The van der Waals surface area contributed by atoms with Gasteiger partial charge in [-0.3, -0.25) is 0 Å². The number of rotatable bonds is 3. The van der Waals surface area contributed by atoms with Crippen LogP contribution in [0.1, 0.15) is 0 Å². The largest absolute Gasteiger partial charge is 0.496 e. The smallest absolute Gasteiger partial charge is 0.264 e. The number of sulfonamides is 1. The minimum absolute atomic E-state index is 0.0898. The lowest BCUT2D eigenvalue weighted by molar-refractivity contribution is 0.411. The molecule has 0 saturated heterocycles. The van der Waals surface area contributed by atoms with Crippen LogP contribution in [0.5, 0.6) is 5.75 Å². The molecular weight excluding hydrogens is 286 g/mol. The van der Waals surface area contributed by atoms with E-state index in [1.165, 1.54) is 25.3 Å². The van der Waals surface area contributed by atoms with Crippen LogP contribution in [0.3, 0.4) is 0 Å². The van der Waals surface area contributed by atoms with E-state index in [1.54, 1.807) is 0 Å². The van der Waals surface area contributed by atoms with E-state index >= 15 is 0 Å². The summed E-state index contributed by atoms with van der Waals surface area (Å²) in [6, 6.07) is 4.07. The average Bonchev–Trinajstić information content (AvgIpc) is 2.17. The Labute approximate surface area is 94.7 Å². The SMILES string of the molecule is COc1ccc(S(=O)(=O)N=[N+]=[N-])cc1Br. The summed E-state index contributed by atoms with van der Waals surface area (Å²) in [5, 5.41) is 0. The molecule has 1 rings (SSSR count). The molecule has 0 amide bonds. The van der Waals surface area contributed by atoms with Crippen molar-refractivity contribution in [2.45, 2.75) is 4.90 Å². The molecule has 0 aliphatic carbocycles. The highest BCUT2D eigenvalue weighted by Crippen LogP contribution is 2.28. The summed E-state index contributed by atoms with van der Waals surface area (Å²) in [6.45, 7) is 0. The quantitative estimate of drug-likeness (QED) is 0.486. The van der Waals surface area contributed by atoms with Crippen molar-refractivity contribution < 1.29 is 13.2 Å². The molecule has 0 unspecified atom stereocenters. The van der Waals surface area contributed by atoms with Crippen molar-refractivity contribution in [1.29, 1.82) is 0 Å². The van der Waals surface area contributed by atoms with E-state index in [1.807, 2.05) is 0 Å². The van der Waals surface area contributed by atoms with Gasteiger partial charge < -0.3 is 4.74 Å². The Kier molecular flexibility index (Phi) is 3.57. The molecule has 0 aromatic heterocycles. The molecule has 0 saturated carbocycles. The van der Waals surface area contributed by atoms with Crippen LogP contribution in [-0.4, -0.2) is 15.5 Å². The lowest BCUT2D eigenvalue weighted by Crippen LogP contribution is -1.95. The molecule has 0 atom stereocenters. The molecule has 6 nitrogen and oxygen atoms in total. The van der Waals surface area contributed by atoms with Crippen LogP contribution >= 0.6 is 15.9 Å². The first-order valence-electron chi connectivity index (χ1n) is 3.66. The summed E-state index contributed by atoms with van der Waals surface area (Å²) in [5.41, 5.74) is 8.08. The van der Waals surface area contributed by atoms with Crippen molar-refractivity contribution in [3.8, 4) is 5.75 Å². The minimum atomic E-state index is -3.94. The van der Waals surface area contributed by atoms with Gasteiger partial charge >= 0.3 is 0 Å². The van der Waals surface area contributed by atoms with Gasteiger partial charge in [0.2, 0.25) is 0 Å². The zero-order valence-electron chi connectivity index (χ0n) is 7.58. The van der Waals surface area contributed by atoms with Gasteiger partial charge in [0.05, 0.1) is 16.5 Å². The third-order valence-corrected chi connectivity index (χ3v) is 3.32. The molecule has 1 aromatic carbocycles. The highest BCUT2D eigenvalue weighted by Gasteiger charge is 2.13. The third-order valence-electron chi connectivity index (χ3n) is 1.57. The van der Waals surface area contributed by atoms with Crippen molar-refractivity contribution in [1.82, 2.24) is 0 Å². The number of methoxy groups -OCH3 is 1.